The topological polar surface area (TPSA) is 75.4 Å². The number of carboxylic acids is 1. The van der Waals surface area contributed by atoms with Crippen molar-refractivity contribution in [2.45, 2.75) is 12.0 Å². The van der Waals surface area contributed by atoms with Gasteiger partial charge in [-0.25, -0.2) is 0 Å². The second-order valence-corrected chi connectivity index (χ2v) is 3.99. The van der Waals surface area contributed by atoms with Crippen LogP contribution in [0.4, 0.5) is 5.69 Å². The summed E-state index contributed by atoms with van der Waals surface area (Å²) in [7, 11) is 0. The van der Waals surface area contributed by atoms with Crippen LogP contribution in [-0.4, -0.2) is 23.2 Å². The van der Waals surface area contributed by atoms with Crippen molar-refractivity contribution < 1.29 is 9.90 Å². The molecule has 0 spiro atoms. The van der Waals surface area contributed by atoms with Crippen molar-refractivity contribution >= 4 is 11.7 Å². The Hall–Kier alpha value is -1.55. The number of anilines is 1. The molecule has 1 saturated carbocycles. The van der Waals surface area contributed by atoms with E-state index < -0.39 is 11.5 Å². The average molecular weight is 206 g/mol. The second kappa shape index (κ2) is 3.55. The molecule has 0 saturated heterocycles. The Bertz CT molecular complexity index is 366. The van der Waals surface area contributed by atoms with Crippen molar-refractivity contribution in [1.82, 2.24) is 0 Å². The Morgan fingerprint density at radius 2 is 2.20 bits per heavy atom. The van der Waals surface area contributed by atoms with Crippen molar-refractivity contribution in [3.05, 3.63) is 30.3 Å². The molecule has 15 heavy (non-hydrogen) atoms. The van der Waals surface area contributed by atoms with Gasteiger partial charge in [0.15, 0.2) is 0 Å². The molecule has 4 N–H and O–H groups in total. The Morgan fingerprint density at radius 3 is 2.73 bits per heavy atom. The molecule has 1 aromatic rings. The Kier molecular flexibility index (Phi) is 2.36. The molecular formula is C11H14N2O2. The molecule has 80 valence electrons. The summed E-state index contributed by atoms with van der Waals surface area (Å²) in [4.78, 5) is 10.8. The summed E-state index contributed by atoms with van der Waals surface area (Å²) >= 11 is 0. The molecular weight excluding hydrogens is 192 g/mol. The molecule has 1 aromatic carbocycles. The van der Waals surface area contributed by atoms with Gasteiger partial charge < -0.3 is 16.2 Å². The Balaban J connectivity index is 1.85. The zero-order chi connectivity index (χ0) is 10.9. The van der Waals surface area contributed by atoms with Gasteiger partial charge in [0.05, 0.1) is 0 Å². The van der Waals surface area contributed by atoms with Crippen LogP contribution in [0.25, 0.3) is 0 Å². The molecule has 0 amide bonds. The van der Waals surface area contributed by atoms with Crippen molar-refractivity contribution in [1.29, 1.82) is 0 Å². The van der Waals surface area contributed by atoms with Gasteiger partial charge in [-0.05, 0) is 18.6 Å². The van der Waals surface area contributed by atoms with E-state index in [1.54, 1.807) is 0 Å². The summed E-state index contributed by atoms with van der Waals surface area (Å²) in [6.45, 7) is 0.618. The molecule has 2 rings (SSSR count). The van der Waals surface area contributed by atoms with Crippen molar-refractivity contribution in [3.63, 3.8) is 0 Å². The SMILES string of the molecule is N[C@]1(C(=O)O)C[C@H]1CNc1ccccc1. The van der Waals surface area contributed by atoms with Crippen molar-refractivity contribution in [2.24, 2.45) is 11.7 Å². The van der Waals surface area contributed by atoms with Crippen LogP contribution in [0.2, 0.25) is 0 Å². The highest BCUT2D eigenvalue weighted by atomic mass is 16.4. The monoisotopic (exact) mass is 206 g/mol. The minimum absolute atomic E-state index is 0.0372. The van der Waals surface area contributed by atoms with Gasteiger partial charge in [-0.2, -0.15) is 0 Å². The Labute approximate surface area is 88.1 Å². The lowest BCUT2D eigenvalue weighted by molar-refractivity contribution is -0.140. The van der Waals surface area contributed by atoms with E-state index in [-0.39, 0.29) is 5.92 Å². The van der Waals surface area contributed by atoms with E-state index in [2.05, 4.69) is 5.32 Å². The van der Waals surface area contributed by atoms with Crippen LogP contribution in [0, 0.1) is 5.92 Å². The first-order valence-corrected chi connectivity index (χ1v) is 4.94. The number of nitrogens with one attached hydrogen (secondary N) is 1. The first-order valence-electron chi connectivity index (χ1n) is 4.94. The number of benzene rings is 1. The molecule has 0 aliphatic heterocycles. The molecule has 0 heterocycles. The van der Waals surface area contributed by atoms with Gasteiger partial charge in [0.2, 0.25) is 0 Å². The summed E-state index contributed by atoms with van der Waals surface area (Å²) in [5.74, 6) is -0.863. The number of aliphatic carboxylic acids is 1. The fourth-order valence-electron chi connectivity index (χ4n) is 1.66. The molecule has 2 atom stereocenters. The second-order valence-electron chi connectivity index (χ2n) is 3.99. The van der Waals surface area contributed by atoms with Crippen LogP contribution in [0.1, 0.15) is 6.42 Å². The molecule has 1 aliphatic carbocycles. The van der Waals surface area contributed by atoms with Crippen LogP contribution in [-0.2, 0) is 4.79 Å². The maximum absolute atomic E-state index is 10.8. The molecule has 0 aromatic heterocycles. The van der Waals surface area contributed by atoms with Crippen molar-refractivity contribution in [2.75, 3.05) is 11.9 Å². The number of hydrogen-bond donors (Lipinski definition) is 3. The van der Waals surface area contributed by atoms with Gasteiger partial charge in [0.25, 0.3) is 0 Å². The van der Waals surface area contributed by atoms with Crippen molar-refractivity contribution in [3.8, 4) is 0 Å². The lowest BCUT2D eigenvalue weighted by Gasteiger charge is -2.07. The number of carboxylic acid groups (broad SMARTS) is 1. The highest BCUT2D eigenvalue weighted by Gasteiger charge is 2.57. The highest BCUT2D eigenvalue weighted by Crippen LogP contribution is 2.41. The summed E-state index contributed by atoms with van der Waals surface area (Å²) in [5, 5.41) is 12.0. The van der Waals surface area contributed by atoms with Crippen LogP contribution < -0.4 is 11.1 Å². The van der Waals surface area contributed by atoms with E-state index in [4.69, 9.17) is 10.8 Å². The first kappa shape index (κ1) is 9.98. The highest BCUT2D eigenvalue weighted by molar-refractivity contribution is 5.83. The minimum Gasteiger partial charge on any atom is -0.480 e. The van der Waals surface area contributed by atoms with E-state index in [0.717, 1.165) is 5.69 Å². The van der Waals surface area contributed by atoms with Crippen LogP contribution in [0.15, 0.2) is 30.3 Å². The van der Waals surface area contributed by atoms with E-state index >= 15 is 0 Å². The lowest BCUT2D eigenvalue weighted by Crippen LogP contribution is -2.36. The smallest absolute Gasteiger partial charge is 0.324 e. The third kappa shape index (κ3) is 1.94. The third-order valence-corrected chi connectivity index (χ3v) is 2.88. The van der Waals surface area contributed by atoms with Crippen LogP contribution in [0.3, 0.4) is 0 Å². The summed E-state index contributed by atoms with van der Waals surface area (Å²) in [6, 6.07) is 9.69. The zero-order valence-electron chi connectivity index (χ0n) is 8.31. The van der Waals surface area contributed by atoms with Gasteiger partial charge in [-0.3, -0.25) is 4.79 Å². The average Bonchev–Trinajstić information content (AvgIpc) is 2.90. The maximum atomic E-state index is 10.8. The largest absolute Gasteiger partial charge is 0.480 e. The quantitative estimate of drug-likeness (QED) is 0.684. The van der Waals surface area contributed by atoms with Crippen LogP contribution in [0.5, 0.6) is 0 Å². The molecule has 0 unspecified atom stereocenters. The summed E-state index contributed by atoms with van der Waals surface area (Å²) in [5.41, 5.74) is 5.66. The summed E-state index contributed by atoms with van der Waals surface area (Å²) < 4.78 is 0. The molecule has 4 heteroatoms. The van der Waals surface area contributed by atoms with Gasteiger partial charge in [-0.1, -0.05) is 18.2 Å². The standard InChI is InChI=1S/C11H14N2O2/c12-11(10(14)15)6-8(11)7-13-9-4-2-1-3-5-9/h1-5,8,13H,6-7,12H2,(H,14,15)/t8-,11+/m0/s1. The first-order chi connectivity index (χ1) is 7.13. The third-order valence-electron chi connectivity index (χ3n) is 2.88. The molecule has 1 fully saturated rings. The fourth-order valence-corrected chi connectivity index (χ4v) is 1.66. The van der Waals surface area contributed by atoms with Gasteiger partial charge >= 0.3 is 5.97 Å². The van der Waals surface area contributed by atoms with E-state index in [1.165, 1.54) is 0 Å². The van der Waals surface area contributed by atoms with Gasteiger partial charge in [-0.15, -0.1) is 0 Å². The predicted octanol–water partition coefficient (Wildman–Crippen LogP) is 0.900. The minimum atomic E-state index is -0.998. The number of para-hydroxylation sites is 1. The number of nitrogens with two attached hydrogens (primary N) is 1. The summed E-state index contributed by atoms with van der Waals surface area (Å²) in [6.07, 6.45) is 0.558. The number of rotatable bonds is 4. The van der Waals surface area contributed by atoms with E-state index in [9.17, 15) is 4.79 Å². The lowest BCUT2D eigenvalue weighted by atomic mass is 10.2. The predicted molar refractivity (Wildman–Crippen MR) is 57.6 cm³/mol. The zero-order valence-corrected chi connectivity index (χ0v) is 8.31. The van der Waals surface area contributed by atoms with Crippen LogP contribution >= 0.6 is 0 Å². The molecule has 0 bridgehead atoms. The molecule has 1 aliphatic rings. The van der Waals surface area contributed by atoms with E-state index in [1.807, 2.05) is 30.3 Å². The fraction of sp³-hybridized carbons (Fsp3) is 0.364. The maximum Gasteiger partial charge on any atom is 0.324 e. The number of carbonyl (C=O) groups is 1. The Morgan fingerprint density at radius 1 is 1.53 bits per heavy atom. The normalized spacial score (nSPS) is 28.5. The van der Waals surface area contributed by atoms with E-state index in [0.29, 0.717) is 13.0 Å². The van der Waals surface area contributed by atoms with Gasteiger partial charge in [0.1, 0.15) is 5.54 Å². The number of hydrogen-bond acceptors (Lipinski definition) is 3. The molecule has 4 nitrogen and oxygen atoms in total. The molecule has 0 radical (unpaired) electrons. The van der Waals surface area contributed by atoms with Gasteiger partial charge in [0, 0.05) is 18.2 Å².